The lowest BCUT2D eigenvalue weighted by Crippen LogP contribution is -2.25. The number of ketones is 1. The normalized spacial score (nSPS) is 16.8. The number of aromatic nitrogens is 1. The lowest BCUT2D eigenvalue weighted by molar-refractivity contribution is -0.120. The Balaban J connectivity index is 1.57. The molecule has 1 aromatic heterocycles. The third-order valence-electron chi connectivity index (χ3n) is 6.16. The maximum atomic E-state index is 14.9. The standard InChI is InChI=1S/C27H35FN2O2/c1-5-6-7-24-27(28)25(14-16-29-24)30-17-15-23(18-30)32-22-11-9-21(10-12-22)20(4)26(31)13-8-19(2)3/h9-12,14,16,20,23H,2,5-8,13,15,17-18H2,1,3-4H3/t20?,23-/m1/s1. The number of anilines is 1. The van der Waals surface area contributed by atoms with Gasteiger partial charge in [0.15, 0.2) is 5.82 Å². The van der Waals surface area contributed by atoms with Crippen LogP contribution in [0.1, 0.15) is 70.1 Å². The molecule has 0 spiro atoms. The number of benzene rings is 1. The number of hydrogen-bond acceptors (Lipinski definition) is 4. The molecule has 4 nitrogen and oxygen atoms in total. The van der Waals surface area contributed by atoms with Crippen molar-refractivity contribution in [1.82, 2.24) is 4.98 Å². The fourth-order valence-electron chi connectivity index (χ4n) is 4.05. The minimum atomic E-state index is -0.198. The molecule has 5 heteroatoms. The maximum Gasteiger partial charge on any atom is 0.167 e. The highest BCUT2D eigenvalue weighted by Crippen LogP contribution is 2.28. The second kappa shape index (κ2) is 11.3. The summed E-state index contributed by atoms with van der Waals surface area (Å²) in [7, 11) is 0. The summed E-state index contributed by atoms with van der Waals surface area (Å²) in [6.45, 7) is 11.3. The summed E-state index contributed by atoms with van der Waals surface area (Å²) in [5.41, 5.74) is 3.20. The van der Waals surface area contributed by atoms with Crippen LogP contribution in [0.25, 0.3) is 0 Å². The number of carbonyl (C=O) groups is 1. The van der Waals surface area contributed by atoms with Crippen LogP contribution in [-0.4, -0.2) is 30.0 Å². The third-order valence-corrected chi connectivity index (χ3v) is 6.16. The molecule has 0 radical (unpaired) electrons. The average Bonchev–Trinajstić information content (AvgIpc) is 3.25. The molecule has 172 valence electrons. The summed E-state index contributed by atoms with van der Waals surface area (Å²) in [6.07, 6.45) is 6.43. The van der Waals surface area contributed by atoms with Gasteiger partial charge in [-0.3, -0.25) is 9.78 Å². The van der Waals surface area contributed by atoms with E-state index in [9.17, 15) is 9.18 Å². The van der Waals surface area contributed by atoms with Gasteiger partial charge in [-0.05, 0) is 49.9 Å². The summed E-state index contributed by atoms with van der Waals surface area (Å²) < 4.78 is 21.1. The predicted octanol–water partition coefficient (Wildman–Crippen LogP) is 6.25. The van der Waals surface area contributed by atoms with E-state index >= 15 is 0 Å². The summed E-state index contributed by atoms with van der Waals surface area (Å²) in [4.78, 5) is 18.7. The van der Waals surface area contributed by atoms with Crippen LogP contribution in [0.15, 0.2) is 48.7 Å². The predicted molar refractivity (Wildman–Crippen MR) is 128 cm³/mol. The van der Waals surface area contributed by atoms with Gasteiger partial charge < -0.3 is 9.64 Å². The summed E-state index contributed by atoms with van der Waals surface area (Å²) in [5.74, 6) is 0.671. The van der Waals surface area contributed by atoms with E-state index in [0.29, 0.717) is 30.8 Å². The molecule has 1 aromatic carbocycles. The number of hydrogen-bond donors (Lipinski definition) is 0. The molecule has 0 bridgehead atoms. The van der Waals surface area contributed by atoms with Gasteiger partial charge in [0.25, 0.3) is 0 Å². The quantitative estimate of drug-likeness (QED) is 0.389. The Bertz CT molecular complexity index is 926. The maximum absolute atomic E-state index is 14.9. The Morgan fingerprint density at radius 1 is 1.28 bits per heavy atom. The number of rotatable bonds is 11. The SMILES string of the molecule is C=C(C)CCC(=O)C(C)c1ccc(O[C@@H]2CCN(c3ccnc(CCCC)c3F)C2)cc1. The van der Waals surface area contributed by atoms with Crippen LogP contribution in [0.5, 0.6) is 5.75 Å². The van der Waals surface area contributed by atoms with Crippen LogP contribution >= 0.6 is 0 Å². The van der Waals surface area contributed by atoms with Crippen molar-refractivity contribution in [2.24, 2.45) is 0 Å². The fraction of sp³-hybridized carbons (Fsp3) is 0.481. The Labute approximate surface area is 191 Å². The van der Waals surface area contributed by atoms with Crippen molar-refractivity contribution in [3.8, 4) is 5.75 Å². The first kappa shape index (κ1) is 24.0. The molecule has 0 amide bonds. The molecule has 0 aliphatic carbocycles. The Morgan fingerprint density at radius 3 is 2.72 bits per heavy atom. The van der Waals surface area contributed by atoms with Crippen molar-refractivity contribution in [2.45, 2.75) is 71.3 Å². The van der Waals surface area contributed by atoms with Gasteiger partial charge >= 0.3 is 0 Å². The van der Waals surface area contributed by atoms with Gasteiger partial charge in [0.1, 0.15) is 17.6 Å². The number of allylic oxidation sites excluding steroid dienone is 1. The van der Waals surface area contributed by atoms with Crippen LogP contribution in [0.3, 0.4) is 0 Å². The van der Waals surface area contributed by atoms with Gasteiger partial charge in [0.2, 0.25) is 0 Å². The summed E-state index contributed by atoms with van der Waals surface area (Å²) >= 11 is 0. The monoisotopic (exact) mass is 438 g/mol. The molecule has 1 unspecified atom stereocenters. The summed E-state index contributed by atoms with van der Waals surface area (Å²) in [6, 6.07) is 9.54. The van der Waals surface area contributed by atoms with Crippen molar-refractivity contribution < 1.29 is 13.9 Å². The fourth-order valence-corrected chi connectivity index (χ4v) is 4.05. The molecule has 1 fully saturated rings. The van der Waals surface area contributed by atoms with E-state index < -0.39 is 0 Å². The van der Waals surface area contributed by atoms with Gasteiger partial charge in [-0.1, -0.05) is 38.0 Å². The second-order valence-corrected chi connectivity index (χ2v) is 8.88. The number of halogens is 1. The topological polar surface area (TPSA) is 42.4 Å². The number of nitrogens with zero attached hydrogens (tertiary/aromatic N) is 2. The number of carbonyl (C=O) groups excluding carboxylic acids is 1. The van der Waals surface area contributed by atoms with E-state index in [-0.39, 0.29) is 23.6 Å². The molecule has 2 heterocycles. The van der Waals surface area contributed by atoms with Crippen molar-refractivity contribution in [1.29, 1.82) is 0 Å². The van der Waals surface area contributed by atoms with Gasteiger partial charge in [-0.2, -0.15) is 0 Å². The first-order valence-corrected chi connectivity index (χ1v) is 11.7. The van der Waals surface area contributed by atoms with E-state index in [1.807, 2.05) is 43.0 Å². The molecule has 2 aromatic rings. The van der Waals surface area contributed by atoms with Crippen molar-refractivity contribution in [3.05, 3.63) is 65.8 Å². The highest BCUT2D eigenvalue weighted by Gasteiger charge is 2.27. The second-order valence-electron chi connectivity index (χ2n) is 8.88. The number of Topliss-reactive ketones (excluding diaryl/α,β-unsaturated/α-hetero) is 1. The molecule has 1 aliphatic rings. The molecule has 0 N–H and O–H groups in total. The number of ether oxygens (including phenoxy) is 1. The van der Waals surface area contributed by atoms with Crippen LogP contribution in [0.4, 0.5) is 10.1 Å². The molecule has 0 saturated carbocycles. The Morgan fingerprint density at radius 2 is 2.03 bits per heavy atom. The minimum absolute atomic E-state index is 0.00197. The van der Waals surface area contributed by atoms with Gasteiger partial charge in [0, 0.05) is 31.5 Å². The Hall–Kier alpha value is -2.69. The lowest BCUT2D eigenvalue weighted by Gasteiger charge is -2.20. The molecular weight excluding hydrogens is 403 g/mol. The third kappa shape index (κ3) is 6.18. The smallest absolute Gasteiger partial charge is 0.167 e. The molecule has 2 atom stereocenters. The first-order valence-electron chi connectivity index (χ1n) is 11.7. The van der Waals surface area contributed by atoms with Crippen molar-refractivity contribution in [2.75, 3.05) is 18.0 Å². The van der Waals surface area contributed by atoms with Gasteiger partial charge in [-0.15, -0.1) is 6.58 Å². The Kier molecular flexibility index (Phi) is 8.43. The van der Waals surface area contributed by atoms with Gasteiger partial charge in [-0.25, -0.2) is 4.39 Å². The van der Waals surface area contributed by atoms with E-state index in [4.69, 9.17) is 4.74 Å². The zero-order chi connectivity index (χ0) is 23.1. The van der Waals surface area contributed by atoms with Crippen LogP contribution in [-0.2, 0) is 11.2 Å². The number of aryl methyl sites for hydroxylation is 1. The van der Waals surface area contributed by atoms with Crippen molar-refractivity contribution in [3.63, 3.8) is 0 Å². The molecule has 32 heavy (non-hydrogen) atoms. The van der Waals surface area contributed by atoms with Crippen LogP contribution < -0.4 is 9.64 Å². The lowest BCUT2D eigenvalue weighted by atomic mass is 9.93. The van der Waals surface area contributed by atoms with E-state index in [1.165, 1.54) is 0 Å². The zero-order valence-corrected chi connectivity index (χ0v) is 19.6. The van der Waals surface area contributed by atoms with Gasteiger partial charge in [0.05, 0.1) is 17.9 Å². The summed E-state index contributed by atoms with van der Waals surface area (Å²) in [5, 5.41) is 0. The van der Waals surface area contributed by atoms with E-state index in [0.717, 1.165) is 49.1 Å². The molecule has 1 aliphatic heterocycles. The minimum Gasteiger partial charge on any atom is -0.489 e. The highest BCUT2D eigenvalue weighted by atomic mass is 19.1. The first-order chi connectivity index (χ1) is 15.4. The molecule has 3 rings (SSSR count). The highest BCUT2D eigenvalue weighted by molar-refractivity contribution is 5.85. The molecule has 1 saturated heterocycles. The zero-order valence-electron chi connectivity index (χ0n) is 19.6. The number of unbranched alkanes of at least 4 members (excludes halogenated alkanes) is 1. The van der Waals surface area contributed by atoms with E-state index in [1.54, 1.807) is 12.3 Å². The van der Waals surface area contributed by atoms with Crippen molar-refractivity contribution >= 4 is 11.5 Å². The van der Waals surface area contributed by atoms with E-state index in [2.05, 4.69) is 18.5 Å². The largest absolute Gasteiger partial charge is 0.489 e. The average molecular weight is 439 g/mol. The van der Waals surface area contributed by atoms with Crippen LogP contribution in [0.2, 0.25) is 0 Å². The van der Waals surface area contributed by atoms with Crippen LogP contribution in [0, 0.1) is 5.82 Å². The number of pyridine rings is 1. The molecular formula is C27H35FN2O2.